The van der Waals surface area contributed by atoms with Crippen molar-refractivity contribution in [3.8, 4) is 0 Å². The van der Waals surface area contributed by atoms with E-state index in [1.807, 2.05) is 27.7 Å². The molecule has 1 N–H and O–H groups in total. The first-order valence-electron chi connectivity index (χ1n) is 8.00. The second-order valence-electron chi connectivity index (χ2n) is 5.22. The summed E-state index contributed by atoms with van der Waals surface area (Å²) in [7, 11) is 0. The molecule has 0 spiro atoms. The molecular formula is C18H32O4. The van der Waals surface area contributed by atoms with Gasteiger partial charge in [0, 0.05) is 0 Å². The van der Waals surface area contributed by atoms with Crippen LogP contribution in [-0.4, -0.2) is 23.7 Å². The lowest BCUT2D eigenvalue weighted by atomic mass is 9.79. The Morgan fingerprint density at radius 3 is 1.82 bits per heavy atom. The van der Waals surface area contributed by atoms with E-state index in [0.717, 1.165) is 12.8 Å². The number of aliphatic carboxylic acids is 1. The fourth-order valence-corrected chi connectivity index (χ4v) is 2.09. The van der Waals surface area contributed by atoms with Crippen LogP contribution in [0.15, 0.2) is 25.3 Å². The van der Waals surface area contributed by atoms with Crippen LogP contribution in [-0.2, 0) is 14.3 Å². The van der Waals surface area contributed by atoms with Gasteiger partial charge in [-0.05, 0) is 32.1 Å². The molecule has 0 aromatic heterocycles. The van der Waals surface area contributed by atoms with Crippen molar-refractivity contribution in [2.75, 3.05) is 6.61 Å². The smallest absolute Gasteiger partial charge is 0.309 e. The molecule has 4 heteroatoms. The zero-order chi connectivity index (χ0) is 17.6. The highest BCUT2D eigenvalue weighted by atomic mass is 16.5. The van der Waals surface area contributed by atoms with Gasteiger partial charge in [-0.3, -0.25) is 9.59 Å². The van der Waals surface area contributed by atoms with Gasteiger partial charge in [0.25, 0.3) is 0 Å². The van der Waals surface area contributed by atoms with Crippen LogP contribution in [0.25, 0.3) is 0 Å². The Hall–Kier alpha value is -1.58. The van der Waals surface area contributed by atoms with Crippen molar-refractivity contribution in [1.82, 2.24) is 0 Å². The average molecular weight is 312 g/mol. The molecular weight excluding hydrogens is 280 g/mol. The van der Waals surface area contributed by atoms with Crippen molar-refractivity contribution in [3.63, 3.8) is 0 Å². The number of rotatable bonds is 10. The van der Waals surface area contributed by atoms with Crippen LogP contribution in [0.1, 0.15) is 59.8 Å². The van der Waals surface area contributed by atoms with Gasteiger partial charge in [0.15, 0.2) is 0 Å². The zero-order valence-corrected chi connectivity index (χ0v) is 14.6. The molecule has 0 rings (SSSR count). The highest BCUT2D eigenvalue weighted by Gasteiger charge is 2.32. The Balaban J connectivity index is 0. The molecule has 22 heavy (non-hydrogen) atoms. The largest absolute Gasteiger partial charge is 0.481 e. The molecule has 0 aromatic carbocycles. The number of carbonyl (C=O) groups excluding carboxylic acids is 1. The Kier molecular flexibility index (Phi) is 13.5. The number of allylic oxidation sites excluding steroid dienone is 1. The molecule has 0 aliphatic heterocycles. The Labute approximate surface area is 135 Å². The summed E-state index contributed by atoms with van der Waals surface area (Å²) in [5.41, 5.74) is -0.568. The number of carbonyl (C=O) groups is 2. The number of esters is 1. The lowest BCUT2D eigenvalue weighted by Crippen LogP contribution is -2.28. The third-order valence-corrected chi connectivity index (χ3v) is 4.00. The van der Waals surface area contributed by atoms with Gasteiger partial charge in [-0.15, -0.1) is 6.58 Å². The molecule has 0 fully saturated rings. The quantitative estimate of drug-likeness (QED) is 0.473. The van der Waals surface area contributed by atoms with Crippen molar-refractivity contribution in [2.24, 2.45) is 11.3 Å². The summed E-state index contributed by atoms with van der Waals surface area (Å²) in [6.07, 6.45) is 6.88. The van der Waals surface area contributed by atoms with Crippen LogP contribution in [0.2, 0.25) is 0 Å². The summed E-state index contributed by atoms with van der Waals surface area (Å²) in [6, 6.07) is 0. The van der Waals surface area contributed by atoms with E-state index in [4.69, 9.17) is 9.84 Å². The molecule has 128 valence electrons. The molecule has 0 aromatic rings. The minimum atomic E-state index is -0.706. The SMILES string of the molecule is C=CCC(CC)(CC)C(=O)O.C=CCOC(=O)C(CC)CC. The predicted molar refractivity (Wildman–Crippen MR) is 90.7 cm³/mol. The second kappa shape index (κ2) is 13.1. The van der Waals surface area contributed by atoms with E-state index in [1.54, 1.807) is 12.2 Å². The molecule has 0 saturated carbocycles. The van der Waals surface area contributed by atoms with Gasteiger partial charge >= 0.3 is 11.9 Å². The van der Waals surface area contributed by atoms with Crippen LogP contribution < -0.4 is 0 Å². The summed E-state index contributed by atoms with van der Waals surface area (Å²) in [4.78, 5) is 21.9. The molecule has 0 bridgehead atoms. The minimum absolute atomic E-state index is 0.0648. The van der Waals surface area contributed by atoms with E-state index in [9.17, 15) is 9.59 Å². The number of hydrogen-bond acceptors (Lipinski definition) is 3. The van der Waals surface area contributed by atoms with Crippen molar-refractivity contribution in [2.45, 2.75) is 59.8 Å². The highest BCUT2D eigenvalue weighted by Crippen LogP contribution is 2.30. The van der Waals surface area contributed by atoms with Crippen molar-refractivity contribution in [3.05, 3.63) is 25.3 Å². The first-order chi connectivity index (χ1) is 10.4. The lowest BCUT2D eigenvalue weighted by molar-refractivity contribution is -0.149. The van der Waals surface area contributed by atoms with Gasteiger partial charge in [-0.1, -0.05) is 46.4 Å². The summed E-state index contributed by atoms with van der Waals surface area (Å²) < 4.78 is 4.88. The maximum absolute atomic E-state index is 11.1. The monoisotopic (exact) mass is 312 g/mol. The van der Waals surface area contributed by atoms with Gasteiger partial charge in [0.05, 0.1) is 11.3 Å². The fourth-order valence-electron chi connectivity index (χ4n) is 2.09. The second-order valence-corrected chi connectivity index (χ2v) is 5.22. The fraction of sp³-hybridized carbons (Fsp3) is 0.667. The van der Waals surface area contributed by atoms with E-state index in [-0.39, 0.29) is 11.9 Å². The molecule has 0 radical (unpaired) electrons. The van der Waals surface area contributed by atoms with E-state index in [2.05, 4.69) is 13.2 Å². The molecule has 0 saturated heterocycles. The van der Waals surface area contributed by atoms with E-state index < -0.39 is 11.4 Å². The normalized spacial score (nSPS) is 10.4. The van der Waals surface area contributed by atoms with Crippen LogP contribution >= 0.6 is 0 Å². The maximum atomic E-state index is 11.1. The first-order valence-corrected chi connectivity index (χ1v) is 8.00. The topological polar surface area (TPSA) is 63.6 Å². The number of carboxylic acids is 1. The molecule has 0 atom stereocenters. The Morgan fingerprint density at radius 2 is 1.59 bits per heavy atom. The molecule has 0 unspecified atom stereocenters. The third-order valence-electron chi connectivity index (χ3n) is 4.00. The maximum Gasteiger partial charge on any atom is 0.309 e. The van der Waals surface area contributed by atoms with Crippen LogP contribution in [0, 0.1) is 11.3 Å². The van der Waals surface area contributed by atoms with Crippen LogP contribution in [0.4, 0.5) is 0 Å². The molecule has 0 heterocycles. The summed E-state index contributed by atoms with van der Waals surface area (Å²) >= 11 is 0. The highest BCUT2D eigenvalue weighted by molar-refractivity contribution is 5.74. The van der Waals surface area contributed by atoms with Crippen LogP contribution in [0.5, 0.6) is 0 Å². The Bertz CT molecular complexity index is 337. The van der Waals surface area contributed by atoms with Gasteiger partial charge in [0.2, 0.25) is 0 Å². The van der Waals surface area contributed by atoms with E-state index in [1.165, 1.54) is 0 Å². The van der Waals surface area contributed by atoms with Crippen molar-refractivity contribution < 1.29 is 19.4 Å². The van der Waals surface area contributed by atoms with Crippen LogP contribution in [0.3, 0.4) is 0 Å². The molecule has 0 aliphatic rings. The van der Waals surface area contributed by atoms with Gasteiger partial charge in [0.1, 0.15) is 6.61 Å². The summed E-state index contributed by atoms with van der Waals surface area (Å²) in [5.74, 6) is -0.743. The molecule has 4 nitrogen and oxygen atoms in total. The average Bonchev–Trinajstić information content (AvgIpc) is 2.52. The van der Waals surface area contributed by atoms with Crippen molar-refractivity contribution >= 4 is 11.9 Å². The number of hydrogen-bond donors (Lipinski definition) is 1. The number of carboxylic acid groups (broad SMARTS) is 1. The summed E-state index contributed by atoms with van der Waals surface area (Å²) in [6.45, 7) is 15.1. The predicted octanol–water partition coefficient (Wildman–Crippen LogP) is 4.61. The van der Waals surface area contributed by atoms with E-state index >= 15 is 0 Å². The first kappa shape index (κ1) is 22.7. The Morgan fingerprint density at radius 1 is 1.09 bits per heavy atom. The molecule has 0 amide bonds. The zero-order valence-electron chi connectivity index (χ0n) is 14.6. The van der Waals surface area contributed by atoms with E-state index in [0.29, 0.717) is 25.9 Å². The van der Waals surface area contributed by atoms with Gasteiger partial charge in [-0.2, -0.15) is 0 Å². The van der Waals surface area contributed by atoms with Crippen molar-refractivity contribution in [1.29, 1.82) is 0 Å². The number of ether oxygens (including phenoxy) is 1. The van der Waals surface area contributed by atoms with Gasteiger partial charge < -0.3 is 9.84 Å². The molecule has 0 aliphatic carbocycles. The standard InChI is InChI=1S/2C9H16O2/c1-4-7-9(5-2,6-3)8(10)11;1-4-7-11-9(10)8(5-2)6-3/h4H,1,5-7H2,2-3H3,(H,10,11);4,8H,1,5-7H2,2-3H3. The minimum Gasteiger partial charge on any atom is -0.481 e. The lowest BCUT2D eigenvalue weighted by Gasteiger charge is -2.24. The third kappa shape index (κ3) is 8.01. The summed E-state index contributed by atoms with van der Waals surface area (Å²) in [5, 5.41) is 8.91. The van der Waals surface area contributed by atoms with Gasteiger partial charge in [-0.25, -0.2) is 0 Å².